The Kier molecular flexibility index (Phi) is 11.2. The number of allylic oxidation sites excluding steroid dienone is 1. The van der Waals surface area contributed by atoms with Gasteiger partial charge in [-0.3, -0.25) is 0 Å². The van der Waals surface area contributed by atoms with E-state index in [0.717, 1.165) is 41.9 Å². The lowest BCUT2D eigenvalue weighted by Crippen LogP contribution is -2.43. The number of ether oxygens (including phenoxy) is 4. The molecule has 8 nitrogen and oxygen atoms in total. The molecule has 0 spiro atoms. The minimum atomic E-state index is -3.61. The van der Waals surface area contributed by atoms with Crippen LogP contribution < -0.4 is 9.47 Å². The molecule has 5 rings (SSSR count). The molecule has 246 valence electrons. The van der Waals surface area contributed by atoms with E-state index in [9.17, 15) is 13.2 Å². The van der Waals surface area contributed by atoms with Crippen LogP contribution in [0.2, 0.25) is 0 Å². The number of carbonyl (C=O) groups is 1. The first-order valence-corrected chi connectivity index (χ1v) is 17.5. The SMILES string of the molecule is COc1ccc(CN(Cc2ccc(OC)cc2)S(=O)(=O)C[C@@H](C)[C@@H]2C=C([C@H](OC)[C@@H]3CC[C@H]3COC(=O)c3ccccc3)C2)cc1. The maximum atomic E-state index is 13.9. The molecule has 0 saturated heterocycles. The minimum Gasteiger partial charge on any atom is -0.497 e. The number of nitrogens with zero attached hydrogens (tertiary/aromatic N) is 1. The molecule has 0 aliphatic heterocycles. The van der Waals surface area contributed by atoms with E-state index < -0.39 is 10.0 Å². The van der Waals surface area contributed by atoms with E-state index in [1.165, 1.54) is 5.57 Å². The number of benzene rings is 3. The first-order valence-electron chi connectivity index (χ1n) is 15.9. The highest BCUT2D eigenvalue weighted by Crippen LogP contribution is 2.45. The second-order valence-electron chi connectivity index (χ2n) is 12.5. The fraction of sp³-hybridized carbons (Fsp3) is 0.432. The van der Waals surface area contributed by atoms with Gasteiger partial charge in [-0.15, -0.1) is 0 Å². The van der Waals surface area contributed by atoms with Gasteiger partial charge in [0.1, 0.15) is 11.5 Å². The van der Waals surface area contributed by atoms with Crippen LogP contribution in [-0.2, 0) is 32.6 Å². The highest BCUT2D eigenvalue weighted by Gasteiger charge is 2.42. The van der Waals surface area contributed by atoms with Crippen molar-refractivity contribution in [3.63, 3.8) is 0 Å². The van der Waals surface area contributed by atoms with Gasteiger partial charge in [0.25, 0.3) is 0 Å². The standard InChI is InChI=1S/C37H45NO7S/c1-26(31-20-32(21-31)36(44-4)35-19-14-30(35)24-45-37(39)29-8-6-5-7-9-29)25-46(40,41)38(22-27-10-15-33(42-2)16-11-27)23-28-12-17-34(43-3)18-13-28/h5-13,15-18,20,26,30-31,35-36H,14,19,21-25H2,1-4H3/t26-,30+,31-,35-,36+/m1/s1. The van der Waals surface area contributed by atoms with Crippen LogP contribution in [-0.4, -0.2) is 58.5 Å². The summed E-state index contributed by atoms with van der Waals surface area (Å²) in [5, 5.41) is 0. The molecule has 0 N–H and O–H groups in total. The summed E-state index contributed by atoms with van der Waals surface area (Å²) in [6, 6.07) is 24.1. The zero-order chi connectivity index (χ0) is 32.7. The van der Waals surface area contributed by atoms with Gasteiger partial charge in [0.05, 0.1) is 38.2 Å². The van der Waals surface area contributed by atoms with Gasteiger partial charge in [-0.05, 0) is 96.0 Å². The Morgan fingerprint density at radius 1 is 0.848 bits per heavy atom. The molecule has 0 radical (unpaired) electrons. The molecule has 0 unspecified atom stereocenters. The Balaban J connectivity index is 1.21. The predicted octanol–water partition coefficient (Wildman–Crippen LogP) is 6.52. The van der Waals surface area contributed by atoms with E-state index in [-0.39, 0.29) is 54.6 Å². The van der Waals surface area contributed by atoms with Crippen molar-refractivity contribution in [2.24, 2.45) is 23.7 Å². The topological polar surface area (TPSA) is 91.4 Å². The maximum Gasteiger partial charge on any atom is 0.338 e. The molecule has 0 amide bonds. The number of esters is 1. The fourth-order valence-corrected chi connectivity index (χ4v) is 8.23. The molecular weight excluding hydrogens is 602 g/mol. The van der Waals surface area contributed by atoms with Gasteiger partial charge in [-0.1, -0.05) is 55.5 Å². The van der Waals surface area contributed by atoms with Crippen LogP contribution in [0.5, 0.6) is 11.5 Å². The molecule has 2 aliphatic carbocycles. The highest BCUT2D eigenvalue weighted by atomic mass is 32.2. The third-order valence-electron chi connectivity index (χ3n) is 9.46. The lowest BCUT2D eigenvalue weighted by Gasteiger charge is -2.45. The Bertz CT molecular complexity index is 1520. The first kappa shape index (κ1) is 33.7. The maximum absolute atomic E-state index is 13.9. The Hall–Kier alpha value is -3.66. The zero-order valence-electron chi connectivity index (χ0n) is 27.1. The van der Waals surface area contributed by atoms with Gasteiger partial charge in [0, 0.05) is 20.2 Å². The van der Waals surface area contributed by atoms with Crippen molar-refractivity contribution < 1.29 is 32.2 Å². The Morgan fingerprint density at radius 3 is 1.89 bits per heavy atom. The number of methoxy groups -OCH3 is 3. The molecule has 3 aromatic rings. The van der Waals surface area contributed by atoms with Gasteiger partial charge in [0.15, 0.2) is 0 Å². The lowest BCUT2D eigenvalue weighted by molar-refractivity contribution is -0.0312. The monoisotopic (exact) mass is 647 g/mol. The van der Waals surface area contributed by atoms with E-state index in [2.05, 4.69) is 6.08 Å². The van der Waals surface area contributed by atoms with Crippen LogP contribution in [0.15, 0.2) is 90.5 Å². The van der Waals surface area contributed by atoms with Crippen LogP contribution in [0.1, 0.15) is 47.7 Å². The van der Waals surface area contributed by atoms with Gasteiger partial charge in [0.2, 0.25) is 10.0 Å². The average Bonchev–Trinajstić information content (AvgIpc) is 3.03. The molecule has 0 aromatic heterocycles. The quantitative estimate of drug-likeness (QED) is 0.129. The van der Waals surface area contributed by atoms with Crippen molar-refractivity contribution in [2.45, 2.75) is 45.4 Å². The number of hydrogen-bond donors (Lipinski definition) is 0. The van der Waals surface area contributed by atoms with Crippen molar-refractivity contribution in [1.82, 2.24) is 4.31 Å². The molecule has 0 heterocycles. The molecule has 0 bridgehead atoms. The molecule has 1 saturated carbocycles. The number of hydrogen-bond acceptors (Lipinski definition) is 7. The molecule has 5 atom stereocenters. The summed E-state index contributed by atoms with van der Waals surface area (Å²) in [5.74, 6) is 1.82. The third kappa shape index (κ3) is 8.18. The fourth-order valence-electron chi connectivity index (χ4n) is 6.41. The van der Waals surface area contributed by atoms with Crippen LogP contribution in [0.3, 0.4) is 0 Å². The molecular formula is C37H45NO7S. The Morgan fingerprint density at radius 2 is 1.41 bits per heavy atom. The Labute approximate surface area is 273 Å². The van der Waals surface area contributed by atoms with Gasteiger partial charge >= 0.3 is 5.97 Å². The molecule has 46 heavy (non-hydrogen) atoms. The molecule has 3 aromatic carbocycles. The van der Waals surface area contributed by atoms with E-state index >= 15 is 0 Å². The second kappa shape index (κ2) is 15.3. The summed E-state index contributed by atoms with van der Waals surface area (Å²) in [7, 11) is 1.34. The summed E-state index contributed by atoms with van der Waals surface area (Å²) in [5.41, 5.74) is 3.56. The normalized spacial score (nSPS) is 20.5. The smallest absolute Gasteiger partial charge is 0.338 e. The highest BCUT2D eigenvalue weighted by molar-refractivity contribution is 7.89. The van der Waals surface area contributed by atoms with Gasteiger partial charge < -0.3 is 18.9 Å². The third-order valence-corrected chi connectivity index (χ3v) is 11.4. The summed E-state index contributed by atoms with van der Waals surface area (Å²) in [4.78, 5) is 12.4. The van der Waals surface area contributed by atoms with E-state index in [0.29, 0.717) is 12.2 Å². The molecule has 2 aliphatic rings. The van der Waals surface area contributed by atoms with E-state index in [4.69, 9.17) is 18.9 Å². The van der Waals surface area contributed by atoms with Crippen LogP contribution in [0.25, 0.3) is 0 Å². The lowest BCUT2D eigenvalue weighted by atomic mass is 9.65. The molecule has 1 fully saturated rings. The number of carbonyl (C=O) groups excluding carboxylic acids is 1. The molecule has 9 heteroatoms. The minimum absolute atomic E-state index is 0.0455. The van der Waals surface area contributed by atoms with Crippen molar-refractivity contribution in [1.29, 1.82) is 0 Å². The van der Waals surface area contributed by atoms with Crippen LogP contribution in [0, 0.1) is 23.7 Å². The van der Waals surface area contributed by atoms with Crippen molar-refractivity contribution >= 4 is 16.0 Å². The number of rotatable bonds is 16. The van der Waals surface area contributed by atoms with Crippen LogP contribution in [0.4, 0.5) is 0 Å². The van der Waals surface area contributed by atoms with Crippen molar-refractivity contribution in [3.05, 3.63) is 107 Å². The summed E-state index contributed by atoms with van der Waals surface area (Å²) in [6.45, 7) is 2.92. The van der Waals surface area contributed by atoms with Crippen molar-refractivity contribution in [3.8, 4) is 11.5 Å². The van der Waals surface area contributed by atoms with Crippen LogP contribution >= 0.6 is 0 Å². The van der Waals surface area contributed by atoms with Gasteiger partial charge in [-0.25, -0.2) is 13.2 Å². The zero-order valence-corrected chi connectivity index (χ0v) is 27.9. The largest absolute Gasteiger partial charge is 0.497 e. The van der Waals surface area contributed by atoms with E-state index in [1.54, 1.807) is 37.8 Å². The van der Waals surface area contributed by atoms with Gasteiger partial charge in [-0.2, -0.15) is 4.31 Å². The van der Waals surface area contributed by atoms with Crippen molar-refractivity contribution in [2.75, 3.05) is 33.7 Å². The summed E-state index contributed by atoms with van der Waals surface area (Å²) in [6.07, 6.45) is 4.98. The summed E-state index contributed by atoms with van der Waals surface area (Å²) < 4.78 is 51.6. The second-order valence-corrected chi connectivity index (χ2v) is 14.5. The predicted molar refractivity (Wildman–Crippen MR) is 178 cm³/mol. The average molecular weight is 648 g/mol. The first-order chi connectivity index (χ1) is 22.2. The summed E-state index contributed by atoms with van der Waals surface area (Å²) >= 11 is 0. The van der Waals surface area contributed by atoms with E-state index in [1.807, 2.05) is 73.7 Å². The number of sulfonamides is 1.